The fourth-order valence-corrected chi connectivity index (χ4v) is 2.91. The molecular formula is C22H17FN4OS. The summed E-state index contributed by atoms with van der Waals surface area (Å²) < 4.78 is 20.9. The Hall–Kier alpha value is -3.58. The molecule has 4 aromatic rings. The van der Waals surface area contributed by atoms with Crippen LogP contribution in [0.5, 0.6) is 5.75 Å². The van der Waals surface area contributed by atoms with Gasteiger partial charge in [-0.15, -0.1) is 0 Å². The van der Waals surface area contributed by atoms with Crippen molar-refractivity contribution in [2.75, 3.05) is 0 Å². The van der Waals surface area contributed by atoms with Gasteiger partial charge in [-0.05, 0) is 59.7 Å². The van der Waals surface area contributed by atoms with Crippen LogP contribution in [0.3, 0.4) is 0 Å². The molecule has 1 N–H and O–H groups in total. The maximum atomic E-state index is 13.2. The van der Waals surface area contributed by atoms with Gasteiger partial charge in [0.2, 0.25) is 4.77 Å². The first kappa shape index (κ1) is 18.8. The lowest BCUT2D eigenvalue weighted by atomic mass is 10.2. The summed E-state index contributed by atoms with van der Waals surface area (Å²) in [6, 6.07) is 23.6. The minimum atomic E-state index is -0.315. The van der Waals surface area contributed by atoms with Crippen LogP contribution in [0, 0.1) is 10.6 Å². The fourth-order valence-electron chi connectivity index (χ4n) is 2.73. The molecule has 29 heavy (non-hydrogen) atoms. The highest BCUT2D eigenvalue weighted by atomic mass is 32.1. The van der Waals surface area contributed by atoms with Gasteiger partial charge in [0.25, 0.3) is 0 Å². The van der Waals surface area contributed by atoms with Crippen LogP contribution < -0.4 is 4.74 Å². The highest BCUT2D eigenvalue weighted by Gasteiger charge is 2.08. The zero-order chi connectivity index (χ0) is 20.1. The Morgan fingerprint density at radius 2 is 1.83 bits per heavy atom. The third kappa shape index (κ3) is 4.64. The molecule has 0 spiro atoms. The van der Waals surface area contributed by atoms with E-state index in [9.17, 15) is 4.39 Å². The number of aromatic amines is 1. The van der Waals surface area contributed by atoms with Crippen LogP contribution >= 0.6 is 12.2 Å². The van der Waals surface area contributed by atoms with E-state index in [-0.39, 0.29) is 5.82 Å². The first-order valence-corrected chi connectivity index (χ1v) is 9.34. The van der Waals surface area contributed by atoms with Crippen molar-refractivity contribution in [3.8, 4) is 17.1 Å². The standard InChI is InChI=1S/C22H17FN4OS/c23-19-11-9-18(10-12-19)21-25-26-22(29)27(21)24-14-17-7-4-8-20(13-17)28-15-16-5-2-1-3-6-16/h1-14H,15H2,(H,26,29)/b24-14+. The lowest BCUT2D eigenvalue weighted by molar-refractivity contribution is 0.306. The molecule has 4 rings (SSSR count). The van der Waals surface area contributed by atoms with Crippen LogP contribution in [-0.2, 0) is 6.61 Å². The van der Waals surface area contributed by atoms with Crippen LogP contribution in [0.2, 0.25) is 0 Å². The molecule has 0 saturated heterocycles. The van der Waals surface area contributed by atoms with Crippen LogP contribution in [-0.4, -0.2) is 21.1 Å². The number of rotatable bonds is 6. The molecule has 0 aliphatic rings. The van der Waals surface area contributed by atoms with E-state index in [1.165, 1.54) is 16.8 Å². The van der Waals surface area contributed by atoms with Gasteiger partial charge in [-0.25, -0.2) is 9.49 Å². The quantitative estimate of drug-likeness (QED) is 0.355. The molecule has 1 aromatic heterocycles. The summed E-state index contributed by atoms with van der Waals surface area (Å²) in [5, 5.41) is 11.4. The molecular weight excluding hydrogens is 387 g/mol. The van der Waals surface area contributed by atoms with Gasteiger partial charge in [0.15, 0.2) is 5.82 Å². The predicted molar refractivity (Wildman–Crippen MR) is 113 cm³/mol. The molecule has 7 heteroatoms. The number of aromatic nitrogens is 3. The number of ether oxygens (including phenoxy) is 1. The second-order valence-electron chi connectivity index (χ2n) is 6.26. The van der Waals surface area contributed by atoms with E-state index in [0.29, 0.717) is 22.8 Å². The Labute approximate surface area is 172 Å². The van der Waals surface area contributed by atoms with Crippen LogP contribution in [0.4, 0.5) is 4.39 Å². The fraction of sp³-hybridized carbons (Fsp3) is 0.0455. The van der Waals surface area contributed by atoms with E-state index >= 15 is 0 Å². The zero-order valence-corrected chi connectivity index (χ0v) is 16.1. The van der Waals surface area contributed by atoms with Crippen molar-refractivity contribution in [2.45, 2.75) is 6.61 Å². The summed E-state index contributed by atoms with van der Waals surface area (Å²) in [6.07, 6.45) is 1.67. The van der Waals surface area contributed by atoms with Crippen molar-refractivity contribution in [3.05, 3.63) is 101 Å². The van der Waals surface area contributed by atoms with Gasteiger partial charge >= 0.3 is 0 Å². The summed E-state index contributed by atoms with van der Waals surface area (Å²) in [7, 11) is 0. The molecule has 0 bridgehead atoms. The van der Waals surface area contributed by atoms with Gasteiger partial charge in [0.1, 0.15) is 18.2 Å². The number of hydrogen-bond acceptors (Lipinski definition) is 4. The zero-order valence-electron chi connectivity index (χ0n) is 15.3. The van der Waals surface area contributed by atoms with E-state index in [4.69, 9.17) is 17.0 Å². The van der Waals surface area contributed by atoms with Gasteiger partial charge in [-0.2, -0.15) is 14.9 Å². The highest BCUT2D eigenvalue weighted by molar-refractivity contribution is 7.71. The molecule has 0 aliphatic heterocycles. The normalized spacial score (nSPS) is 11.1. The number of halogens is 1. The first-order chi connectivity index (χ1) is 14.2. The average Bonchev–Trinajstić information content (AvgIpc) is 3.13. The Morgan fingerprint density at radius 1 is 1.03 bits per heavy atom. The molecule has 0 saturated carbocycles. The van der Waals surface area contributed by atoms with E-state index in [0.717, 1.165) is 16.9 Å². The van der Waals surface area contributed by atoms with E-state index in [1.807, 2.05) is 54.6 Å². The summed E-state index contributed by atoms with van der Waals surface area (Å²) in [4.78, 5) is 0. The summed E-state index contributed by atoms with van der Waals surface area (Å²) in [6.45, 7) is 0.489. The minimum absolute atomic E-state index is 0.315. The van der Waals surface area contributed by atoms with Crippen molar-refractivity contribution in [1.82, 2.24) is 14.9 Å². The maximum Gasteiger partial charge on any atom is 0.216 e. The number of nitrogens with zero attached hydrogens (tertiary/aromatic N) is 3. The Kier molecular flexibility index (Phi) is 5.58. The van der Waals surface area contributed by atoms with Crippen LogP contribution in [0.15, 0.2) is 84.0 Å². The third-order valence-electron chi connectivity index (χ3n) is 4.18. The maximum absolute atomic E-state index is 13.2. The average molecular weight is 404 g/mol. The molecule has 0 amide bonds. The minimum Gasteiger partial charge on any atom is -0.489 e. The molecule has 0 unspecified atom stereocenters. The van der Waals surface area contributed by atoms with Crippen LogP contribution in [0.25, 0.3) is 11.4 Å². The lowest BCUT2D eigenvalue weighted by Crippen LogP contribution is -1.97. The van der Waals surface area contributed by atoms with Gasteiger partial charge < -0.3 is 4.74 Å². The molecule has 0 aliphatic carbocycles. The van der Waals surface area contributed by atoms with Crippen molar-refractivity contribution in [3.63, 3.8) is 0 Å². The molecule has 3 aromatic carbocycles. The molecule has 0 atom stereocenters. The SMILES string of the molecule is Fc1ccc(-c2n[nH]c(=S)n2/N=C/c2cccc(OCc3ccccc3)c2)cc1. The first-order valence-electron chi connectivity index (χ1n) is 8.93. The number of nitrogens with one attached hydrogen (secondary N) is 1. The van der Waals surface area contributed by atoms with E-state index in [1.54, 1.807) is 18.3 Å². The van der Waals surface area contributed by atoms with Gasteiger partial charge in [-0.1, -0.05) is 42.5 Å². The number of H-pyrrole nitrogens is 1. The Bertz CT molecular complexity index is 1180. The van der Waals surface area contributed by atoms with Gasteiger partial charge in [0.05, 0.1) is 6.21 Å². The smallest absolute Gasteiger partial charge is 0.216 e. The van der Waals surface area contributed by atoms with E-state index in [2.05, 4.69) is 15.3 Å². The monoisotopic (exact) mass is 404 g/mol. The summed E-state index contributed by atoms with van der Waals surface area (Å²) in [5.41, 5.74) is 2.65. The number of hydrogen-bond donors (Lipinski definition) is 1. The van der Waals surface area contributed by atoms with Gasteiger partial charge in [0, 0.05) is 5.56 Å². The topological polar surface area (TPSA) is 55.2 Å². The second kappa shape index (κ2) is 8.62. The molecule has 0 fully saturated rings. The van der Waals surface area contributed by atoms with Crippen molar-refractivity contribution >= 4 is 18.4 Å². The molecule has 1 heterocycles. The third-order valence-corrected chi connectivity index (χ3v) is 4.45. The highest BCUT2D eigenvalue weighted by Crippen LogP contribution is 2.18. The molecule has 5 nitrogen and oxygen atoms in total. The van der Waals surface area contributed by atoms with E-state index < -0.39 is 0 Å². The molecule has 0 radical (unpaired) electrons. The Balaban J connectivity index is 1.53. The summed E-state index contributed by atoms with van der Waals surface area (Å²) >= 11 is 5.27. The number of benzene rings is 3. The second-order valence-corrected chi connectivity index (χ2v) is 6.65. The van der Waals surface area contributed by atoms with Crippen LogP contribution in [0.1, 0.15) is 11.1 Å². The van der Waals surface area contributed by atoms with Crippen molar-refractivity contribution in [1.29, 1.82) is 0 Å². The van der Waals surface area contributed by atoms with Crippen molar-refractivity contribution < 1.29 is 9.13 Å². The largest absolute Gasteiger partial charge is 0.489 e. The summed E-state index contributed by atoms with van der Waals surface area (Å²) in [5.74, 6) is 0.931. The Morgan fingerprint density at radius 3 is 2.62 bits per heavy atom. The lowest BCUT2D eigenvalue weighted by Gasteiger charge is -2.07. The predicted octanol–water partition coefficient (Wildman–Crippen LogP) is 5.21. The van der Waals surface area contributed by atoms with Crippen molar-refractivity contribution in [2.24, 2.45) is 5.10 Å². The molecule has 144 valence electrons. The van der Waals surface area contributed by atoms with Gasteiger partial charge in [-0.3, -0.25) is 0 Å².